The fourth-order valence-corrected chi connectivity index (χ4v) is 3.53. The summed E-state index contributed by atoms with van der Waals surface area (Å²) in [4.78, 5) is 7.24. The van der Waals surface area contributed by atoms with E-state index in [0.29, 0.717) is 11.5 Å². The van der Waals surface area contributed by atoms with E-state index >= 15 is 0 Å². The number of nitriles is 1. The van der Waals surface area contributed by atoms with Crippen LogP contribution < -0.4 is 10.6 Å². The summed E-state index contributed by atoms with van der Waals surface area (Å²) in [5.74, 6) is 1.56. The predicted molar refractivity (Wildman–Crippen MR) is 99.4 cm³/mol. The van der Waals surface area contributed by atoms with Gasteiger partial charge in [-0.05, 0) is 48.7 Å². The normalized spacial score (nSPS) is 17.1. The van der Waals surface area contributed by atoms with Gasteiger partial charge in [-0.2, -0.15) is 5.26 Å². The summed E-state index contributed by atoms with van der Waals surface area (Å²) < 4.78 is 2.27. The van der Waals surface area contributed by atoms with Crippen molar-refractivity contribution in [3.8, 4) is 6.07 Å². The van der Waals surface area contributed by atoms with E-state index in [0.717, 1.165) is 55.1 Å². The largest absolute Gasteiger partial charge is 0.342 e. The summed E-state index contributed by atoms with van der Waals surface area (Å²) in [5.41, 5.74) is 9.86. The molecular formula is C20H21N5. The van der Waals surface area contributed by atoms with Gasteiger partial charge < -0.3 is 15.2 Å². The Balaban J connectivity index is 1.72. The zero-order valence-electron chi connectivity index (χ0n) is 14.1. The molecule has 1 aliphatic rings. The second-order valence-electron chi connectivity index (χ2n) is 6.63. The highest BCUT2D eigenvalue weighted by Gasteiger charge is 2.25. The summed E-state index contributed by atoms with van der Waals surface area (Å²) in [5, 5.41) is 8.98. The Morgan fingerprint density at radius 1 is 1.16 bits per heavy atom. The van der Waals surface area contributed by atoms with Crippen LogP contribution in [0.3, 0.4) is 0 Å². The van der Waals surface area contributed by atoms with Crippen molar-refractivity contribution in [1.82, 2.24) is 9.55 Å². The van der Waals surface area contributed by atoms with E-state index in [4.69, 9.17) is 16.0 Å². The SMILES string of the molecule is N#Cc1ccc(Cn2c(N3CC[C@@H](CN)C3)nc3ccccc32)cc1. The number of para-hydroxylation sites is 2. The average Bonchev–Trinajstić information content (AvgIpc) is 3.27. The molecule has 0 bridgehead atoms. The van der Waals surface area contributed by atoms with Crippen molar-refractivity contribution in [3.63, 3.8) is 0 Å². The van der Waals surface area contributed by atoms with E-state index in [1.807, 2.05) is 30.3 Å². The van der Waals surface area contributed by atoms with Crippen LogP contribution in [0, 0.1) is 17.2 Å². The minimum absolute atomic E-state index is 0.545. The van der Waals surface area contributed by atoms with Crippen LogP contribution >= 0.6 is 0 Å². The van der Waals surface area contributed by atoms with E-state index in [1.54, 1.807) is 0 Å². The summed E-state index contributed by atoms with van der Waals surface area (Å²) in [6.07, 6.45) is 1.12. The number of nitrogens with two attached hydrogens (primary N) is 1. The molecule has 3 aromatic rings. The highest BCUT2D eigenvalue weighted by molar-refractivity contribution is 5.79. The maximum absolute atomic E-state index is 8.98. The van der Waals surface area contributed by atoms with Crippen molar-refractivity contribution in [2.75, 3.05) is 24.5 Å². The molecule has 2 aromatic carbocycles. The van der Waals surface area contributed by atoms with Crippen LogP contribution in [0.15, 0.2) is 48.5 Å². The zero-order chi connectivity index (χ0) is 17.2. The van der Waals surface area contributed by atoms with Crippen LogP contribution in [0.25, 0.3) is 11.0 Å². The Morgan fingerprint density at radius 3 is 2.68 bits per heavy atom. The molecule has 5 heteroatoms. The predicted octanol–water partition coefficient (Wildman–Crippen LogP) is 2.74. The number of hydrogen-bond acceptors (Lipinski definition) is 4. The Kier molecular flexibility index (Phi) is 4.12. The van der Waals surface area contributed by atoms with E-state index in [9.17, 15) is 0 Å². The van der Waals surface area contributed by atoms with Crippen LogP contribution in [0.4, 0.5) is 5.95 Å². The van der Waals surface area contributed by atoms with Gasteiger partial charge in [0.25, 0.3) is 0 Å². The van der Waals surface area contributed by atoms with Crippen LogP contribution in [-0.2, 0) is 6.54 Å². The Bertz CT molecular complexity index is 919. The first-order valence-corrected chi connectivity index (χ1v) is 8.68. The van der Waals surface area contributed by atoms with Gasteiger partial charge in [0.2, 0.25) is 5.95 Å². The van der Waals surface area contributed by atoms with Crippen molar-refractivity contribution in [2.45, 2.75) is 13.0 Å². The molecule has 1 fully saturated rings. The zero-order valence-corrected chi connectivity index (χ0v) is 14.1. The second kappa shape index (κ2) is 6.58. The van der Waals surface area contributed by atoms with Crippen LogP contribution in [0.2, 0.25) is 0 Å². The monoisotopic (exact) mass is 331 g/mol. The van der Waals surface area contributed by atoms with Crippen molar-refractivity contribution in [3.05, 3.63) is 59.7 Å². The molecule has 0 saturated carbocycles. The van der Waals surface area contributed by atoms with Gasteiger partial charge in [-0.1, -0.05) is 24.3 Å². The van der Waals surface area contributed by atoms with E-state index in [1.165, 1.54) is 0 Å². The molecule has 0 radical (unpaired) electrons. The molecule has 0 unspecified atom stereocenters. The van der Waals surface area contributed by atoms with Crippen molar-refractivity contribution in [1.29, 1.82) is 5.26 Å². The first-order valence-electron chi connectivity index (χ1n) is 8.68. The van der Waals surface area contributed by atoms with Gasteiger partial charge in [0.05, 0.1) is 29.2 Å². The number of anilines is 1. The van der Waals surface area contributed by atoms with E-state index in [-0.39, 0.29) is 0 Å². The topological polar surface area (TPSA) is 70.9 Å². The van der Waals surface area contributed by atoms with Gasteiger partial charge in [-0.25, -0.2) is 4.98 Å². The fraction of sp³-hybridized carbons (Fsp3) is 0.300. The highest BCUT2D eigenvalue weighted by atomic mass is 15.3. The minimum atomic E-state index is 0.545. The van der Waals surface area contributed by atoms with Gasteiger partial charge in [0.15, 0.2) is 0 Å². The molecular weight excluding hydrogens is 310 g/mol. The van der Waals surface area contributed by atoms with Gasteiger partial charge >= 0.3 is 0 Å². The molecule has 126 valence electrons. The molecule has 2 heterocycles. The highest BCUT2D eigenvalue weighted by Crippen LogP contribution is 2.28. The van der Waals surface area contributed by atoms with Crippen LogP contribution in [-0.4, -0.2) is 29.2 Å². The standard InChI is InChI=1S/C20H21N5/c21-11-15-5-7-16(8-6-15)14-25-19-4-2-1-3-18(19)23-20(25)24-10-9-17(12-22)13-24/h1-8,17H,9-10,12-14,22H2/t17-/m0/s1. The van der Waals surface area contributed by atoms with Crippen LogP contribution in [0.5, 0.6) is 0 Å². The Morgan fingerprint density at radius 2 is 1.96 bits per heavy atom. The van der Waals surface area contributed by atoms with Crippen molar-refractivity contribution < 1.29 is 0 Å². The number of rotatable bonds is 4. The molecule has 0 aliphatic carbocycles. The van der Waals surface area contributed by atoms with Crippen molar-refractivity contribution >= 4 is 17.0 Å². The first kappa shape index (κ1) is 15.7. The molecule has 0 amide bonds. The summed E-state index contributed by atoms with van der Waals surface area (Å²) in [6.45, 7) is 3.43. The maximum atomic E-state index is 8.98. The molecule has 5 nitrogen and oxygen atoms in total. The molecule has 2 N–H and O–H groups in total. The second-order valence-corrected chi connectivity index (χ2v) is 6.63. The number of imidazole rings is 1. The van der Waals surface area contributed by atoms with Crippen LogP contribution in [0.1, 0.15) is 17.5 Å². The van der Waals surface area contributed by atoms with Crippen molar-refractivity contribution in [2.24, 2.45) is 11.7 Å². The molecule has 1 aromatic heterocycles. The third kappa shape index (κ3) is 2.97. The quantitative estimate of drug-likeness (QED) is 0.798. The number of fused-ring (bicyclic) bond motifs is 1. The first-order chi connectivity index (χ1) is 12.3. The summed E-state index contributed by atoms with van der Waals surface area (Å²) in [6, 6.07) is 18.2. The van der Waals surface area contributed by atoms with Gasteiger partial charge in [0.1, 0.15) is 0 Å². The molecule has 4 rings (SSSR count). The molecule has 1 aliphatic heterocycles. The number of nitrogens with zero attached hydrogens (tertiary/aromatic N) is 4. The molecule has 1 atom stereocenters. The smallest absolute Gasteiger partial charge is 0.206 e. The number of benzene rings is 2. The molecule has 0 spiro atoms. The minimum Gasteiger partial charge on any atom is -0.342 e. The Hall–Kier alpha value is -2.84. The lowest BCUT2D eigenvalue weighted by atomic mass is 10.1. The molecule has 1 saturated heterocycles. The number of hydrogen-bond donors (Lipinski definition) is 1. The Labute approximate surface area is 147 Å². The third-order valence-electron chi connectivity index (χ3n) is 4.96. The fourth-order valence-electron chi connectivity index (χ4n) is 3.53. The third-order valence-corrected chi connectivity index (χ3v) is 4.96. The lowest BCUT2D eigenvalue weighted by Crippen LogP contribution is -2.25. The lowest BCUT2D eigenvalue weighted by Gasteiger charge is -2.19. The van der Waals surface area contributed by atoms with Gasteiger partial charge in [-0.15, -0.1) is 0 Å². The maximum Gasteiger partial charge on any atom is 0.206 e. The number of aromatic nitrogens is 2. The molecule has 25 heavy (non-hydrogen) atoms. The van der Waals surface area contributed by atoms with Gasteiger partial charge in [0, 0.05) is 13.1 Å². The van der Waals surface area contributed by atoms with E-state index in [2.05, 4.69) is 33.7 Å². The summed E-state index contributed by atoms with van der Waals surface area (Å²) in [7, 11) is 0. The van der Waals surface area contributed by atoms with Gasteiger partial charge in [-0.3, -0.25) is 0 Å². The summed E-state index contributed by atoms with van der Waals surface area (Å²) >= 11 is 0. The average molecular weight is 331 g/mol. The lowest BCUT2D eigenvalue weighted by molar-refractivity contribution is 0.600. The van der Waals surface area contributed by atoms with E-state index < -0.39 is 0 Å².